The van der Waals surface area contributed by atoms with Gasteiger partial charge in [0, 0.05) is 25.0 Å². The van der Waals surface area contributed by atoms with Gasteiger partial charge in [0.2, 0.25) is 5.91 Å². The Kier molecular flexibility index (Phi) is 6.80. The molecular weight excluding hydrogens is 324 g/mol. The number of piperidine rings is 1. The van der Waals surface area contributed by atoms with Crippen molar-refractivity contribution >= 4 is 17.8 Å². The molecule has 1 heterocycles. The monoisotopic (exact) mass is 348 g/mol. The summed E-state index contributed by atoms with van der Waals surface area (Å²) in [5.41, 5.74) is 0. The van der Waals surface area contributed by atoms with Gasteiger partial charge in [-0.3, -0.25) is 14.4 Å². The van der Waals surface area contributed by atoms with Crippen LogP contribution in [0.15, 0.2) is 30.3 Å². The van der Waals surface area contributed by atoms with Gasteiger partial charge in [-0.25, -0.2) is 0 Å². The minimum absolute atomic E-state index is 0.0173. The van der Waals surface area contributed by atoms with Crippen LogP contribution in [0.4, 0.5) is 0 Å². The molecule has 1 aromatic rings. The number of hydrogen-bond donors (Lipinski definition) is 2. The van der Waals surface area contributed by atoms with Crippen molar-refractivity contribution in [3.05, 3.63) is 30.3 Å². The summed E-state index contributed by atoms with van der Waals surface area (Å²) in [4.78, 5) is 36.7. The van der Waals surface area contributed by atoms with Crippen LogP contribution in [0.1, 0.15) is 26.2 Å². The molecular formula is C18H24N2O5. The molecule has 7 nitrogen and oxygen atoms in total. The van der Waals surface area contributed by atoms with Crippen molar-refractivity contribution in [3.63, 3.8) is 0 Å². The first-order valence-electron chi connectivity index (χ1n) is 8.43. The fraction of sp³-hybridized carbons (Fsp3) is 0.500. The van der Waals surface area contributed by atoms with Gasteiger partial charge in [0.05, 0.1) is 6.42 Å². The zero-order valence-corrected chi connectivity index (χ0v) is 14.3. The van der Waals surface area contributed by atoms with E-state index in [4.69, 9.17) is 9.84 Å². The maximum Gasteiger partial charge on any atom is 0.305 e. The lowest BCUT2D eigenvalue weighted by Gasteiger charge is -2.31. The zero-order valence-electron chi connectivity index (χ0n) is 14.3. The van der Waals surface area contributed by atoms with E-state index in [0.717, 1.165) is 0 Å². The molecule has 2 rings (SSSR count). The summed E-state index contributed by atoms with van der Waals surface area (Å²) in [6.07, 6.45) is 1.05. The second-order valence-corrected chi connectivity index (χ2v) is 6.26. The number of aliphatic carboxylic acids is 1. The van der Waals surface area contributed by atoms with E-state index in [9.17, 15) is 14.4 Å². The molecule has 0 bridgehead atoms. The van der Waals surface area contributed by atoms with Gasteiger partial charge >= 0.3 is 5.97 Å². The van der Waals surface area contributed by atoms with Crippen molar-refractivity contribution in [1.29, 1.82) is 0 Å². The summed E-state index contributed by atoms with van der Waals surface area (Å²) < 4.78 is 5.46. The van der Waals surface area contributed by atoms with Gasteiger partial charge in [-0.1, -0.05) is 18.2 Å². The number of hydrogen-bond acceptors (Lipinski definition) is 4. The highest BCUT2D eigenvalue weighted by Crippen LogP contribution is 2.18. The molecule has 0 saturated carbocycles. The normalized spacial score (nSPS) is 16.1. The number of carboxylic acid groups (broad SMARTS) is 1. The highest BCUT2D eigenvalue weighted by atomic mass is 16.5. The lowest BCUT2D eigenvalue weighted by molar-refractivity contribution is -0.139. The third-order valence-corrected chi connectivity index (χ3v) is 4.19. The molecule has 1 saturated heterocycles. The van der Waals surface area contributed by atoms with Crippen LogP contribution < -0.4 is 10.1 Å². The van der Waals surface area contributed by atoms with Gasteiger partial charge in [-0.2, -0.15) is 0 Å². The van der Waals surface area contributed by atoms with E-state index in [0.29, 0.717) is 31.7 Å². The average Bonchev–Trinajstić information content (AvgIpc) is 2.60. The van der Waals surface area contributed by atoms with Crippen LogP contribution in [0.3, 0.4) is 0 Å². The SMILES string of the molecule is CC(CC(=O)O)NC(=O)C1CCN(C(=O)COc2ccccc2)CC1. The second-order valence-electron chi connectivity index (χ2n) is 6.26. The van der Waals surface area contributed by atoms with Crippen LogP contribution in [-0.4, -0.2) is 53.5 Å². The van der Waals surface area contributed by atoms with E-state index in [1.54, 1.807) is 24.0 Å². The molecule has 7 heteroatoms. The molecule has 1 atom stereocenters. The summed E-state index contributed by atoms with van der Waals surface area (Å²) in [7, 11) is 0. The number of ether oxygens (including phenoxy) is 1. The summed E-state index contributed by atoms with van der Waals surface area (Å²) in [6.45, 7) is 2.66. The third-order valence-electron chi connectivity index (χ3n) is 4.19. The van der Waals surface area contributed by atoms with E-state index < -0.39 is 12.0 Å². The van der Waals surface area contributed by atoms with Crippen molar-refractivity contribution in [1.82, 2.24) is 10.2 Å². The Balaban J connectivity index is 1.72. The van der Waals surface area contributed by atoms with Crippen molar-refractivity contribution < 1.29 is 24.2 Å². The summed E-state index contributed by atoms with van der Waals surface area (Å²) in [5, 5.41) is 11.5. The van der Waals surface area contributed by atoms with Crippen LogP contribution in [0.25, 0.3) is 0 Å². The van der Waals surface area contributed by atoms with Crippen molar-refractivity contribution in [2.75, 3.05) is 19.7 Å². The maximum atomic E-state index is 12.2. The largest absolute Gasteiger partial charge is 0.484 e. The predicted octanol–water partition coefficient (Wildman–Crippen LogP) is 1.28. The van der Waals surface area contributed by atoms with E-state index >= 15 is 0 Å². The number of benzene rings is 1. The van der Waals surface area contributed by atoms with Crippen molar-refractivity contribution in [3.8, 4) is 5.75 Å². The van der Waals surface area contributed by atoms with Crippen molar-refractivity contribution in [2.24, 2.45) is 5.92 Å². The summed E-state index contributed by atoms with van der Waals surface area (Å²) in [5.74, 6) is -0.706. The second kappa shape index (κ2) is 9.05. The third kappa shape index (κ3) is 6.10. The first-order chi connectivity index (χ1) is 12.0. The van der Waals surface area contributed by atoms with Crippen LogP contribution in [0.5, 0.6) is 5.75 Å². The fourth-order valence-electron chi connectivity index (χ4n) is 2.82. The van der Waals surface area contributed by atoms with Gasteiger partial charge in [0.25, 0.3) is 5.91 Å². The number of carbonyl (C=O) groups excluding carboxylic acids is 2. The van der Waals surface area contributed by atoms with E-state index in [2.05, 4.69) is 5.32 Å². The number of rotatable bonds is 7. The minimum atomic E-state index is -0.938. The lowest BCUT2D eigenvalue weighted by Crippen LogP contribution is -2.46. The number of para-hydroxylation sites is 1. The molecule has 0 aromatic heterocycles. The van der Waals surface area contributed by atoms with Gasteiger partial charge < -0.3 is 20.1 Å². The number of amides is 2. The van der Waals surface area contributed by atoms with Crippen LogP contribution in [0, 0.1) is 5.92 Å². The first-order valence-corrected chi connectivity index (χ1v) is 8.43. The average molecular weight is 348 g/mol. The van der Waals surface area contributed by atoms with E-state index in [-0.39, 0.29) is 30.8 Å². The highest BCUT2D eigenvalue weighted by molar-refractivity contribution is 5.81. The number of carbonyl (C=O) groups is 3. The summed E-state index contributed by atoms with van der Waals surface area (Å²) in [6, 6.07) is 8.75. The molecule has 1 unspecified atom stereocenters. The summed E-state index contributed by atoms with van der Waals surface area (Å²) >= 11 is 0. The molecule has 1 aliphatic heterocycles. The van der Waals surface area contributed by atoms with E-state index in [1.165, 1.54) is 0 Å². The zero-order chi connectivity index (χ0) is 18.2. The Morgan fingerprint density at radius 3 is 2.48 bits per heavy atom. The molecule has 1 aromatic carbocycles. The van der Waals surface area contributed by atoms with Crippen molar-refractivity contribution in [2.45, 2.75) is 32.2 Å². The van der Waals surface area contributed by atoms with Gasteiger partial charge in [0.1, 0.15) is 5.75 Å². The molecule has 2 N–H and O–H groups in total. The van der Waals surface area contributed by atoms with Gasteiger partial charge in [-0.15, -0.1) is 0 Å². The highest BCUT2D eigenvalue weighted by Gasteiger charge is 2.28. The Morgan fingerprint density at radius 1 is 1.24 bits per heavy atom. The quantitative estimate of drug-likeness (QED) is 0.774. The number of carboxylic acids is 1. The smallest absolute Gasteiger partial charge is 0.305 e. The molecule has 1 fully saturated rings. The Morgan fingerprint density at radius 2 is 1.88 bits per heavy atom. The van der Waals surface area contributed by atoms with Crippen LogP contribution >= 0.6 is 0 Å². The lowest BCUT2D eigenvalue weighted by atomic mass is 9.95. The predicted molar refractivity (Wildman–Crippen MR) is 91.1 cm³/mol. The standard InChI is InChI=1S/C18H24N2O5/c1-13(11-17(22)23)19-18(24)14-7-9-20(10-8-14)16(21)12-25-15-5-3-2-4-6-15/h2-6,13-14H,7-12H2,1H3,(H,19,24)(H,22,23). The number of nitrogens with one attached hydrogen (secondary N) is 1. The van der Waals surface area contributed by atoms with Crippen LogP contribution in [0.2, 0.25) is 0 Å². The number of nitrogens with zero attached hydrogens (tertiary/aromatic N) is 1. The molecule has 1 aliphatic rings. The molecule has 25 heavy (non-hydrogen) atoms. The first kappa shape index (κ1) is 18.8. The fourth-order valence-corrected chi connectivity index (χ4v) is 2.82. The van der Waals surface area contributed by atoms with Gasteiger partial charge in [-0.05, 0) is 31.9 Å². The molecule has 0 aliphatic carbocycles. The van der Waals surface area contributed by atoms with Crippen LogP contribution in [-0.2, 0) is 14.4 Å². The van der Waals surface area contributed by atoms with Gasteiger partial charge in [0.15, 0.2) is 6.61 Å². The Bertz CT molecular complexity index is 597. The Labute approximate surface area is 147 Å². The molecule has 2 amide bonds. The molecule has 136 valence electrons. The molecule has 0 spiro atoms. The minimum Gasteiger partial charge on any atom is -0.484 e. The molecule has 0 radical (unpaired) electrons. The Hall–Kier alpha value is -2.57. The van der Waals surface area contributed by atoms with E-state index in [1.807, 2.05) is 18.2 Å². The number of likely N-dealkylation sites (tertiary alicyclic amines) is 1. The topological polar surface area (TPSA) is 95.9 Å². The maximum absolute atomic E-state index is 12.2.